The molecule has 0 fully saturated rings. The van der Waals surface area contributed by atoms with Crippen molar-refractivity contribution in [3.05, 3.63) is 35.2 Å². The number of halogens is 2. The molecule has 0 saturated carbocycles. The molecule has 0 amide bonds. The van der Waals surface area contributed by atoms with Crippen LogP contribution >= 0.6 is 0 Å². The molecule has 0 spiro atoms. The van der Waals surface area contributed by atoms with Crippen LogP contribution in [0, 0.1) is 0 Å². The van der Waals surface area contributed by atoms with Gasteiger partial charge in [-0.15, -0.1) is 0 Å². The van der Waals surface area contributed by atoms with Gasteiger partial charge in [0, 0.05) is 0 Å². The van der Waals surface area contributed by atoms with E-state index in [-0.39, 0.29) is 12.4 Å². The summed E-state index contributed by atoms with van der Waals surface area (Å²) in [5.41, 5.74) is 0.528. The Morgan fingerprint density at radius 3 is 2.39 bits per heavy atom. The molecule has 0 aliphatic rings. The Hall–Kier alpha value is -1.47. The molecule has 0 aromatic heterocycles. The first-order valence-electron chi connectivity index (χ1n) is 5.05. The molecule has 0 saturated heterocycles. The summed E-state index contributed by atoms with van der Waals surface area (Å²) in [6.45, 7) is -1.28. The molecule has 1 rings (SSSR count). The van der Waals surface area contributed by atoms with Crippen molar-refractivity contribution in [2.24, 2.45) is 0 Å². The summed E-state index contributed by atoms with van der Waals surface area (Å²) < 4.78 is 54.8. The zero-order valence-corrected chi connectivity index (χ0v) is 10.4. The lowest BCUT2D eigenvalue weighted by atomic mass is 10.2. The maximum Gasteiger partial charge on any atom is 0.387 e. The van der Waals surface area contributed by atoms with E-state index in [1.165, 1.54) is 30.3 Å². The second-order valence-corrected chi connectivity index (χ2v) is 4.64. The Labute approximate surface area is 104 Å². The highest BCUT2D eigenvalue weighted by atomic mass is 32.2. The molecule has 0 radical (unpaired) electrons. The van der Waals surface area contributed by atoms with Crippen LogP contribution in [0.2, 0.25) is 0 Å². The molecular formula is C11H12F2O4S. The standard InChI is InChI=1S/C11H12F2O4S/c1-2-16-18(14,15)8-7-9-3-5-10(6-4-9)17-11(12)13/h3-8,11H,2H2,1H3/b8-7+. The quantitative estimate of drug-likeness (QED) is 0.751. The highest BCUT2D eigenvalue weighted by molar-refractivity contribution is 7.89. The average Bonchev–Trinajstić information content (AvgIpc) is 2.27. The zero-order chi connectivity index (χ0) is 13.6. The van der Waals surface area contributed by atoms with E-state index in [0.29, 0.717) is 5.56 Å². The first-order valence-corrected chi connectivity index (χ1v) is 6.52. The minimum Gasteiger partial charge on any atom is -0.435 e. The smallest absolute Gasteiger partial charge is 0.387 e. The van der Waals surface area contributed by atoms with Crippen molar-refractivity contribution >= 4 is 16.2 Å². The summed E-state index contributed by atoms with van der Waals surface area (Å²) in [7, 11) is -3.69. The molecule has 1 aromatic carbocycles. The van der Waals surface area contributed by atoms with Gasteiger partial charge >= 0.3 is 6.61 Å². The van der Waals surface area contributed by atoms with Crippen LogP contribution in [0.25, 0.3) is 6.08 Å². The van der Waals surface area contributed by atoms with Gasteiger partial charge in [-0.1, -0.05) is 12.1 Å². The summed E-state index contributed by atoms with van der Waals surface area (Å²) in [6, 6.07) is 5.55. The van der Waals surface area contributed by atoms with Gasteiger partial charge in [0.2, 0.25) is 0 Å². The van der Waals surface area contributed by atoms with E-state index < -0.39 is 16.7 Å². The number of ether oxygens (including phenoxy) is 1. The third kappa shape index (κ3) is 5.24. The number of benzene rings is 1. The van der Waals surface area contributed by atoms with Gasteiger partial charge in [0.1, 0.15) is 5.75 Å². The highest BCUT2D eigenvalue weighted by Crippen LogP contribution is 2.16. The van der Waals surface area contributed by atoms with Crippen molar-refractivity contribution in [1.82, 2.24) is 0 Å². The molecule has 18 heavy (non-hydrogen) atoms. The topological polar surface area (TPSA) is 52.6 Å². The molecule has 0 N–H and O–H groups in total. The molecule has 0 aliphatic carbocycles. The van der Waals surface area contributed by atoms with Crippen LogP contribution in [-0.2, 0) is 14.3 Å². The lowest BCUT2D eigenvalue weighted by Crippen LogP contribution is -2.01. The van der Waals surface area contributed by atoms with E-state index >= 15 is 0 Å². The van der Waals surface area contributed by atoms with Crippen LogP contribution in [0.1, 0.15) is 12.5 Å². The van der Waals surface area contributed by atoms with Crippen molar-refractivity contribution in [3.63, 3.8) is 0 Å². The minimum absolute atomic E-state index is 0.00909. The van der Waals surface area contributed by atoms with Crippen molar-refractivity contribution < 1.29 is 26.1 Å². The lowest BCUT2D eigenvalue weighted by molar-refractivity contribution is -0.0498. The molecule has 0 aliphatic heterocycles. The van der Waals surface area contributed by atoms with Gasteiger partial charge in [-0.3, -0.25) is 4.18 Å². The number of alkyl halides is 2. The minimum atomic E-state index is -3.69. The van der Waals surface area contributed by atoms with Gasteiger partial charge in [-0.25, -0.2) is 0 Å². The van der Waals surface area contributed by atoms with Crippen LogP contribution in [0.3, 0.4) is 0 Å². The summed E-state index contributed by atoms with van der Waals surface area (Å²) in [6.07, 6.45) is 1.30. The molecule has 4 nitrogen and oxygen atoms in total. The van der Waals surface area contributed by atoms with Crippen molar-refractivity contribution in [3.8, 4) is 5.75 Å². The zero-order valence-electron chi connectivity index (χ0n) is 9.55. The first kappa shape index (κ1) is 14.6. The predicted octanol–water partition coefficient (Wildman–Crippen LogP) is 2.63. The largest absolute Gasteiger partial charge is 0.435 e. The van der Waals surface area contributed by atoms with Crippen LogP contribution in [0.4, 0.5) is 8.78 Å². The third-order valence-electron chi connectivity index (χ3n) is 1.81. The SMILES string of the molecule is CCOS(=O)(=O)/C=C/c1ccc(OC(F)F)cc1. The van der Waals surface area contributed by atoms with Gasteiger partial charge in [-0.05, 0) is 30.7 Å². The molecular weight excluding hydrogens is 266 g/mol. The van der Waals surface area contributed by atoms with Crippen LogP contribution in [-0.4, -0.2) is 21.6 Å². The van der Waals surface area contributed by atoms with E-state index in [9.17, 15) is 17.2 Å². The molecule has 0 unspecified atom stereocenters. The Morgan fingerprint density at radius 1 is 1.28 bits per heavy atom. The normalized spacial score (nSPS) is 12.2. The number of rotatable bonds is 6. The van der Waals surface area contributed by atoms with Crippen LogP contribution in [0.5, 0.6) is 5.75 Å². The Balaban J connectivity index is 2.72. The van der Waals surface area contributed by atoms with E-state index in [1.54, 1.807) is 6.92 Å². The Morgan fingerprint density at radius 2 is 1.89 bits per heavy atom. The van der Waals surface area contributed by atoms with Gasteiger partial charge in [-0.2, -0.15) is 17.2 Å². The van der Waals surface area contributed by atoms with Crippen LogP contribution < -0.4 is 4.74 Å². The predicted molar refractivity (Wildman–Crippen MR) is 62.7 cm³/mol. The summed E-state index contributed by atoms with van der Waals surface area (Å²) >= 11 is 0. The molecule has 1 aromatic rings. The Bertz CT molecular complexity index is 494. The maximum atomic E-state index is 11.9. The van der Waals surface area contributed by atoms with Crippen LogP contribution in [0.15, 0.2) is 29.7 Å². The second kappa shape index (κ2) is 6.46. The molecule has 100 valence electrons. The van der Waals surface area contributed by atoms with E-state index in [0.717, 1.165) is 5.41 Å². The van der Waals surface area contributed by atoms with E-state index in [4.69, 9.17) is 0 Å². The summed E-state index contributed by atoms with van der Waals surface area (Å²) in [4.78, 5) is 0. The fraction of sp³-hybridized carbons (Fsp3) is 0.273. The fourth-order valence-corrected chi connectivity index (χ4v) is 1.86. The third-order valence-corrected chi connectivity index (χ3v) is 2.85. The van der Waals surface area contributed by atoms with Gasteiger partial charge in [0.05, 0.1) is 12.0 Å². The highest BCUT2D eigenvalue weighted by Gasteiger charge is 2.05. The van der Waals surface area contributed by atoms with Gasteiger partial charge in [0.15, 0.2) is 0 Å². The summed E-state index contributed by atoms with van der Waals surface area (Å²) in [5, 5.41) is 0.902. The van der Waals surface area contributed by atoms with Gasteiger partial charge in [0.25, 0.3) is 10.1 Å². The Kier molecular flexibility index (Phi) is 5.24. The number of hydrogen-bond acceptors (Lipinski definition) is 4. The monoisotopic (exact) mass is 278 g/mol. The van der Waals surface area contributed by atoms with Crippen molar-refractivity contribution in [2.75, 3.05) is 6.61 Å². The maximum absolute atomic E-state index is 11.9. The van der Waals surface area contributed by atoms with Crippen molar-refractivity contribution in [2.45, 2.75) is 13.5 Å². The van der Waals surface area contributed by atoms with E-state index in [1.807, 2.05) is 0 Å². The average molecular weight is 278 g/mol. The van der Waals surface area contributed by atoms with E-state index in [2.05, 4.69) is 8.92 Å². The van der Waals surface area contributed by atoms with Gasteiger partial charge < -0.3 is 4.74 Å². The molecule has 0 atom stereocenters. The first-order chi connectivity index (χ1) is 8.43. The number of hydrogen-bond donors (Lipinski definition) is 0. The fourth-order valence-electron chi connectivity index (χ4n) is 1.13. The molecule has 0 bridgehead atoms. The lowest BCUT2D eigenvalue weighted by Gasteiger charge is -2.03. The van der Waals surface area contributed by atoms with Crippen molar-refractivity contribution in [1.29, 1.82) is 0 Å². The summed E-state index contributed by atoms with van der Waals surface area (Å²) in [5.74, 6) is 0.00909. The molecule has 0 heterocycles. The second-order valence-electron chi connectivity index (χ2n) is 3.15. The molecule has 7 heteroatoms.